The van der Waals surface area contributed by atoms with Crippen molar-refractivity contribution < 1.29 is 13.6 Å². The molecule has 3 nitrogen and oxygen atoms in total. The van der Waals surface area contributed by atoms with Crippen molar-refractivity contribution >= 4 is 11.6 Å². The molecule has 2 N–H and O–H groups in total. The molecule has 1 amide bonds. The molecule has 15 heavy (non-hydrogen) atoms. The van der Waals surface area contributed by atoms with Crippen LogP contribution in [0.5, 0.6) is 0 Å². The molecular weight excluding hydrogens is 202 g/mol. The first-order chi connectivity index (χ1) is 7.06. The van der Waals surface area contributed by atoms with Crippen LogP contribution in [0.2, 0.25) is 0 Å². The molecule has 0 heterocycles. The SMILES string of the molecule is CN(C(=O)CCN)c1cc(F)ccc1F. The van der Waals surface area contributed by atoms with Gasteiger partial charge in [0.1, 0.15) is 11.6 Å². The number of halogens is 2. The quantitative estimate of drug-likeness (QED) is 0.823. The average molecular weight is 214 g/mol. The van der Waals surface area contributed by atoms with E-state index in [4.69, 9.17) is 5.73 Å². The largest absolute Gasteiger partial charge is 0.330 e. The number of anilines is 1. The molecule has 0 saturated carbocycles. The Balaban J connectivity index is 2.94. The molecule has 0 unspecified atom stereocenters. The second kappa shape index (κ2) is 4.84. The number of hydrogen-bond acceptors (Lipinski definition) is 2. The molecule has 82 valence electrons. The Kier molecular flexibility index (Phi) is 3.74. The lowest BCUT2D eigenvalue weighted by atomic mass is 10.2. The molecular formula is C10H12F2N2O. The summed E-state index contributed by atoms with van der Waals surface area (Å²) in [7, 11) is 1.38. The van der Waals surface area contributed by atoms with Gasteiger partial charge in [-0.15, -0.1) is 0 Å². The Hall–Kier alpha value is -1.49. The van der Waals surface area contributed by atoms with Gasteiger partial charge in [-0.25, -0.2) is 8.78 Å². The van der Waals surface area contributed by atoms with Crippen molar-refractivity contribution in [1.82, 2.24) is 0 Å². The fourth-order valence-electron chi connectivity index (χ4n) is 1.17. The summed E-state index contributed by atoms with van der Waals surface area (Å²) in [6.07, 6.45) is 0.104. The maximum atomic E-state index is 13.2. The van der Waals surface area contributed by atoms with Crippen molar-refractivity contribution in [3.8, 4) is 0 Å². The minimum absolute atomic E-state index is 0.0755. The molecule has 0 spiro atoms. The number of benzene rings is 1. The van der Waals surface area contributed by atoms with Crippen molar-refractivity contribution in [3.05, 3.63) is 29.8 Å². The van der Waals surface area contributed by atoms with Gasteiger partial charge in [0.2, 0.25) is 5.91 Å². The normalized spacial score (nSPS) is 10.1. The highest BCUT2D eigenvalue weighted by Crippen LogP contribution is 2.19. The van der Waals surface area contributed by atoms with E-state index < -0.39 is 11.6 Å². The van der Waals surface area contributed by atoms with E-state index in [1.165, 1.54) is 7.05 Å². The number of amides is 1. The monoisotopic (exact) mass is 214 g/mol. The van der Waals surface area contributed by atoms with Crippen LogP contribution in [-0.2, 0) is 4.79 Å². The van der Waals surface area contributed by atoms with E-state index in [0.717, 1.165) is 23.1 Å². The molecule has 0 fully saturated rings. The van der Waals surface area contributed by atoms with Gasteiger partial charge in [-0.2, -0.15) is 0 Å². The highest BCUT2D eigenvalue weighted by molar-refractivity contribution is 5.92. The van der Waals surface area contributed by atoms with Crippen LogP contribution in [0.1, 0.15) is 6.42 Å². The van der Waals surface area contributed by atoms with E-state index in [2.05, 4.69) is 0 Å². The van der Waals surface area contributed by atoms with Gasteiger partial charge in [0, 0.05) is 26.1 Å². The molecule has 0 aliphatic rings. The van der Waals surface area contributed by atoms with E-state index in [-0.39, 0.29) is 24.6 Å². The number of nitrogens with two attached hydrogens (primary N) is 1. The van der Waals surface area contributed by atoms with Gasteiger partial charge < -0.3 is 10.6 Å². The molecule has 0 radical (unpaired) electrons. The Morgan fingerprint density at radius 1 is 1.47 bits per heavy atom. The molecule has 1 aromatic carbocycles. The van der Waals surface area contributed by atoms with Crippen LogP contribution in [0.15, 0.2) is 18.2 Å². The third kappa shape index (κ3) is 2.73. The molecule has 0 aromatic heterocycles. The maximum Gasteiger partial charge on any atom is 0.228 e. The zero-order valence-electron chi connectivity index (χ0n) is 8.34. The molecule has 0 aliphatic carbocycles. The number of carbonyl (C=O) groups is 1. The first-order valence-corrected chi connectivity index (χ1v) is 4.48. The van der Waals surface area contributed by atoms with Crippen LogP contribution < -0.4 is 10.6 Å². The summed E-state index contributed by atoms with van der Waals surface area (Å²) in [5.74, 6) is -1.56. The lowest BCUT2D eigenvalue weighted by Gasteiger charge is -2.17. The molecule has 1 aromatic rings. The number of carbonyl (C=O) groups excluding carboxylic acids is 1. The van der Waals surface area contributed by atoms with Crippen LogP contribution in [0, 0.1) is 11.6 Å². The maximum absolute atomic E-state index is 13.2. The number of rotatable bonds is 3. The lowest BCUT2D eigenvalue weighted by Crippen LogP contribution is -2.28. The Morgan fingerprint density at radius 2 is 2.13 bits per heavy atom. The Labute approximate surface area is 86.5 Å². The van der Waals surface area contributed by atoms with Crippen molar-refractivity contribution in [2.45, 2.75) is 6.42 Å². The minimum Gasteiger partial charge on any atom is -0.330 e. The Bertz CT molecular complexity index is 368. The van der Waals surface area contributed by atoms with Gasteiger partial charge in [0.15, 0.2) is 0 Å². The van der Waals surface area contributed by atoms with Crippen molar-refractivity contribution in [1.29, 1.82) is 0 Å². The van der Waals surface area contributed by atoms with Crippen LogP contribution >= 0.6 is 0 Å². The van der Waals surface area contributed by atoms with Crippen LogP contribution in [-0.4, -0.2) is 19.5 Å². The zero-order chi connectivity index (χ0) is 11.4. The van der Waals surface area contributed by atoms with Crippen molar-refractivity contribution in [3.63, 3.8) is 0 Å². The van der Waals surface area contributed by atoms with Gasteiger partial charge in [-0.3, -0.25) is 4.79 Å². The second-order valence-electron chi connectivity index (χ2n) is 3.09. The fraction of sp³-hybridized carbons (Fsp3) is 0.300. The van der Waals surface area contributed by atoms with Crippen molar-refractivity contribution in [2.75, 3.05) is 18.5 Å². The predicted molar refractivity (Wildman–Crippen MR) is 53.4 cm³/mol. The third-order valence-corrected chi connectivity index (χ3v) is 2.00. The smallest absolute Gasteiger partial charge is 0.228 e. The summed E-state index contributed by atoms with van der Waals surface area (Å²) >= 11 is 0. The standard InChI is InChI=1S/C10H12F2N2O/c1-14(10(15)4-5-13)9-6-7(11)2-3-8(9)12/h2-3,6H,4-5,13H2,1H3. The third-order valence-electron chi connectivity index (χ3n) is 2.00. The van der Waals surface area contributed by atoms with Gasteiger partial charge in [0.25, 0.3) is 0 Å². The highest BCUT2D eigenvalue weighted by Gasteiger charge is 2.14. The van der Waals surface area contributed by atoms with Crippen molar-refractivity contribution in [2.24, 2.45) is 5.73 Å². The summed E-state index contributed by atoms with van der Waals surface area (Å²) < 4.78 is 26.1. The fourth-order valence-corrected chi connectivity index (χ4v) is 1.17. The molecule has 0 atom stereocenters. The van der Waals surface area contributed by atoms with Gasteiger partial charge in [-0.1, -0.05) is 0 Å². The summed E-state index contributed by atoms with van der Waals surface area (Å²) in [5, 5.41) is 0. The number of nitrogens with zero attached hydrogens (tertiary/aromatic N) is 1. The van der Waals surface area contributed by atoms with E-state index in [9.17, 15) is 13.6 Å². The first kappa shape index (κ1) is 11.6. The summed E-state index contributed by atoms with van der Waals surface area (Å²) in [4.78, 5) is 12.4. The van der Waals surface area contributed by atoms with Gasteiger partial charge in [-0.05, 0) is 12.1 Å². The topological polar surface area (TPSA) is 46.3 Å². The van der Waals surface area contributed by atoms with Crippen LogP contribution in [0.25, 0.3) is 0 Å². The molecule has 0 bridgehead atoms. The summed E-state index contributed by atoms with van der Waals surface area (Å²) in [6.45, 7) is 0.181. The van der Waals surface area contributed by atoms with E-state index in [1.807, 2.05) is 0 Å². The van der Waals surface area contributed by atoms with E-state index in [1.54, 1.807) is 0 Å². The van der Waals surface area contributed by atoms with Gasteiger partial charge >= 0.3 is 0 Å². The molecule has 0 saturated heterocycles. The summed E-state index contributed by atoms with van der Waals surface area (Å²) in [6, 6.07) is 2.96. The second-order valence-corrected chi connectivity index (χ2v) is 3.09. The van der Waals surface area contributed by atoms with E-state index >= 15 is 0 Å². The van der Waals surface area contributed by atoms with Crippen LogP contribution in [0.3, 0.4) is 0 Å². The van der Waals surface area contributed by atoms with Gasteiger partial charge in [0.05, 0.1) is 5.69 Å². The average Bonchev–Trinajstić information content (AvgIpc) is 2.21. The number of hydrogen-bond donors (Lipinski definition) is 1. The minimum atomic E-state index is -0.635. The zero-order valence-corrected chi connectivity index (χ0v) is 8.34. The molecule has 1 rings (SSSR count). The Morgan fingerprint density at radius 3 is 2.73 bits per heavy atom. The highest BCUT2D eigenvalue weighted by atomic mass is 19.1. The van der Waals surface area contributed by atoms with Crippen LogP contribution in [0.4, 0.5) is 14.5 Å². The van der Waals surface area contributed by atoms with E-state index in [0.29, 0.717) is 0 Å². The first-order valence-electron chi connectivity index (χ1n) is 4.48. The molecule has 0 aliphatic heterocycles. The lowest BCUT2D eigenvalue weighted by molar-refractivity contribution is -0.118. The summed E-state index contributed by atoms with van der Waals surface area (Å²) in [5.41, 5.74) is 5.12. The predicted octanol–water partition coefficient (Wildman–Crippen LogP) is 1.28. The molecule has 5 heteroatoms.